The fourth-order valence-electron chi connectivity index (χ4n) is 1.46. The van der Waals surface area contributed by atoms with Gasteiger partial charge in [0.1, 0.15) is 5.78 Å². The fraction of sp³-hybridized carbons (Fsp3) is 0.769. The van der Waals surface area contributed by atoms with Crippen molar-refractivity contribution in [1.29, 1.82) is 0 Å². The Labute approximate surface area is 88.6 Å². The van der Waals surface area contributed by atoms with Crippen LogP contribution in [0.4, 0.5) is 0 Å². The van der Waals surface area contributed by atoms with Gasteiger partial charge in [-0.2, -0.15) is 0 Å². The number of rotatable bonds is 8. The number of carbonyl (C=O) groups is 1. The minimum absolute atomic E-state index is 0.249. The van der Waals surface area contributed by atoms with Gasteiger partial charge in [-0.1, -0.05) is 51.7 Å². The minimum Gasteiger partial charge on any atom is -0.300 e. The molecule has 0 bridgehead atoms. The molecule has 0 aliphatic carbocycles. The van der Waals surface area contributed by atoms with E-state index in [0.717, 1.165) is 0 Å². The van der Waals surface area contributed by atoms with Crippen LogP contribution in [0.1, 0.15) is 59.3 Å². The Balaban J connectivity index is 3.39. The lowest BCUT2D eigenvalue weighted by Crippen LogP contribution is -1.91. The average molecular weight is 196 g/mol. The van der Waals surface area contributed by atoms with Gasteiger partial charge in [-0.25, -0.2) is 0 Å². The molecule has 1 atom stereocenters. The maximum Gasteiger partial charge on any atom is 0.133 e. The first-order valence-electron chi connectivity index (χ1n) is 5.83. The van der Waals surface area contributed by atoms with Crippen LogP contribution in [-0.4, -0.2) is 5.78 Å². The molecule has 0 rings (SSSR count). The highest BCUT2D eigenvalue weighted by Crippen LogP contribution is 2.11. The van der Waals surface area contributed by atoms with E-state index in [1.165, 1.54) is 32.1 Å². The molecule has 0 heterocycles. The number of unbranched alkanes of at least 4 members (excludes halogenated alkanes) is 3. The number of hydrogen-bond donors (Lipinski definition) is 0. The monoisotopic (exact) mass is 196 g/mol. The zero-order valence-electron chi connectivity index (χ0n) is 9.88. The highest BCUT2D eigenvalue weighted by molar-refractivity contribution is 5.76. The van der Waals surface area contributed by atoms with Crippen LogP contribution < -0.4 is 0 Å². The Bertz CT molecular complexity index is 170. The van der Waals surface area contributed by atoms with Crippen LogP contribution in [0.3, 0.4) is 0 Å². The molecule has 1 nitrogen and oxygen atoms in total. The number of ketones is 1. The second kappa shape index (κ2) is 8.98. The van der Waals surface area contributed by atoms with Crippen LogP contribution in [0.5, 0.6) is 0 Å². The van der Waals surface area contributed by atoms with Crippen LogP contribution in [0.25, 0.3) is 0 Å². The Kier molecular flexibility index (Phi) is 8.61. The molecule has 0 N–H and O–H groups in total. The third-order valence-electron chi connectivity index (χ3n) is 2.38. The average Bonchev–Trinajstić information content (AvgIpc) is 2.12. The first-order chi connectivity index (χ1) is 6.66. The second-order valence-electron chi connectivity index (χ2n) is 4.16. The van der Waals surface area contributed by atoms with Crippen LogP contribution in [-0.2, 0) is 4.79 Å². The molecule has 0 aromatic carbocycles. The van der Waals surface area contributed by atoms with Gasteiger partial charge in [-0.3, -0.25) is 4.79 Å². The summed E-state index contributed by atoms with van der Waals surface area (Å²) < 4.78 is 0. The number of hydrogen-bond acceptors (Lipinski definition) is 1. The highest BCUT2D eigenvalue weighted by atomic mass is 16.1. The zero-order chi connectivity index (χ0) is 10.8. The van der Waals surface area contributed by atoms with Crippen molar-refractivity contribution in [1.82, 2.24) is 0 Å². The molecule has 82 valence electrons. The summed E-state index contributed by atoms with van der Waals surface area (Å²) in [4.78, 5) is 10.7. The SMILES string of the molecule is CCCCCCC(C)/C=C\CC(C)=O. The largest absolute Gasteiger partial charge is 0.300 e. The van der Waals surface area contributed by atoms with E-state index in [4.69, 9.17) is 0 Å². The summed E-state index contributed by atoms with van der Waals surface area (Å²) in [6.07, 6.45) is 11.4. The van der Waals surface area contributed by atoms with E-state index in [-0.39, 0.29) is 5.78 Å². The molecular formula is C13H24O. The molecule has 0 aliphatic heterocycles. The Morgan fingerprint density at radius 1 is 1.29 bits per heavy atom. The van der Waals surface area contributed by atoms with E-state index >= 15 is 0 Å². The summed E-state index contributed by atoms with van der Waals surface area (Å²) in [7, 11) is 0. The molecule has 0 aromatic heterocycles. The predicted molar refractivity (Wildman–Crippen MR) is 62.4 cm³/mol. The summed E-state index contributed by atoms with van der Waals surface area (Å²) >= 11 is 0. The highest BCUT2D eigenvalue weighted by Gasteiger charge is 1.96. The Hall–Kier alpha value is -0.590. The molecule has 0 amide bonds. The number of Topliss-reactive ketones (excluding diaryl/α,β-unsaturated/α-hetero) is 1. The molecule has 0 saturated heterocycles. The summed E-state index contributed by atoms with van der Waals surface area (Å²) in [6.45, 7) is 6.09. The van der Waals surface area contributed by atoms with Gasteiger partial charge in [0.2, 0.25) is 0 Å². The van der Waals surface area contributed by atoms with Gasteiger partial charge in [0.05, 0.1) is 0 Å². The van der Waals surface area contributed by atoms with Gasteiger partial charge in [-0.15, -0.1) is 0 Å². The molecule has 14 heavy (non-hydrogen) atoms. The molecule has 0 aliphatic rings. The Morgan fingerprint density at radius 2 is 2.00 bits per heavy atom. The summed E-state index contributed by atoms with van der Waals surface area (Å²) in [5.74, 6) is 0.880. The van der Waals surface area contributed by atoms with E-state index in [1.54, 1.807) is 6.92 Å². The van der Waals surface area contributed by atoms with Crippen LogP contribution in [0, 0.1) is 5.92 Å². The van der Waals surface area contributed by atoms with E-state index in [2.05, 4.69) is 19.9 Å². The van der Waals surface area contributed by atoms with E-state index in [9.17, 15) is 4.79 Å². The van der Waals surface area contributed by atoms with Crippen molar-refractivity contribution in [3.8, 4) is 0 Å². The molecule has 0 spiro atoms. The molecule has 0 saturated carbocycles. The van der Waals surface area contributed by atoms with Gasteiger partial charge in [0, 0.05) is 6.42 Å². The van der Waals surface area contributed by atoms with Gasteiger partial charge in [0.25, 0.3) is 0 Å². The van der Waals surface area contributed by atoms with Crippen LogP contribution in [0.15, 0.2) is 12.2 Å². The quantitative estimate of drug-likeness (QED) is 0.421. The summed E-state index contributed by atoms with van der Waals surface area (Å²) in [6, 6.07) is 0. The van der Waals surface area contributed by atoms with Crippen molar-refractivity contribution in [2.24, 2.45) is 5.92 Å². The molecule has 0 fully saturated rings. The molecule has 1 heteroatoms. The van der Waals surface area contributed by atoms with E-state index in [0.29, 0.717) is 12.3 Å². The number of carbonyl (C=O) groups excluding carboxylic acids is 1. The minimum atomic E-state index is 0.249. The maximum absolute atomic E-state index is 10.7. The molecule has 1 unspecified atom stereocenters. The van der Waals surface area contributed by atoms with Crippen LogP contribution >= 0.6 is 0 Å². The third-order valence-corrected chi connectivity index (χ3v) is 2.38. The lowest BCUT2D eigenvalue weighted by molar-refractivity contribution is -0.116. The standard InChI is InChI=1S/C13H24O/c1-4-5-6-7-9-12(2)10-8-11-13(3)14/h8,10,12H,4-7,9,11H2,1-3H3/b10-8-. The Morgan fingerprint density at radius 3 is 2.57 bits per heavy atom. The first kappa shape index (κ1) is 13.4. The third kappa shape index (κ3) is 9.50. The topological polar surface area (TPSA) is 17.1 Å². The predicted octanol–water partition coefficient (Wildman–Crippen LogP) is 4.13. The van der Waals surface area contributed by atoms with Gasteiger partial charge < -0.3 is 0 Å². The normalized spacial score (nSPS) is 13.4. The van der Waals surface area contributed by atoms with Crippen molar-refractivity contribution < 1.29 is 4.79 Å². The number of allylic oxidation sites excluding steroid dienone is 2. The maximum atomic E-state index is 10.7. The molecule has 0 aromatic rings. The summed E-state index contributed by atoms with van der Waals surface area (Å²) in [5.41, 5.74) is 0. The smallest absolute Gasteiger partial charge is 0.133 e. The molecule has 0 radical (unpaired) electrons. The lowest BCUT2D eigenvalue weighted by Gasteiger charge is -2.04. The first-order valence-corrected chi connectivity index (χ1v) is 5.83. The van der Waals surface area contributed by atoms with Crippen molar-refractivity contribution in [3.05, 3.63) is 12.2 Å². The zero-order valence-corrected chi connectivity index (χ0v) is 9.88. The van der Waals surface area contributed by atoms with Crippen molar-refractivity contribution in [2.45, 2.75) is 59.3 Å². The van der Waals surface area contributed by atoms with Gasteiger partial charge >= 0.3 is 0 Å². The van der Waals surface area contributed by atoms with Gasteiger partial charge in [-0.05, 0) is 19.3 Å². The van der Waals surface area contributed by atoms with Crippen molar-refractivity contribution >= 4 is 5.78 Å². The lowest BCUT2D eigenvalue weighted by atomic mass is 10.0. The van der Waals surface area contributed by atoms with Gasteiger partial charge in [0.15, 0.2) is 0 Å². The van der Waals surface area contributed by atoms with Crippen molar-refractivity contribution in [2.75, 3.05) is 0 Å². The van der Waals surface area contributed by atoms with Crippen LogP contribution in [0.2, 0.25) is 0 Å². The van der Waals surface area contributed by atoms with Crippen molar-refractivity contribution in [3.63, 3.8) is 0 Å². The summed E-state index contributed by atoms with van der Waals surface area (Å²) in [5, 5.41) is 0. The van der Waals surface area contributed by atoms with E-state index < -0.39 is 0 Å². The molecular weight excluding hydrogens is 172 g/mol. The second-order valence-corrected chi connectivity index (χ2v) is 4.16. The van der Waals surface area contributed by atoms with E-state index in [1.807, 2.05) is 6.08 Å². The fourth-order valence-corrected chi connectivity index (χ4v) is 1.46.